The highest BCUT2D eigenvalue weighted by atomic mass is 13.9. The zero-order valence-corrected chi connectivity index (χ0v) is 10.6. The fraction of sp³-hybridized carbons (Fsp3) is 0.467. The average molecular weight is 204 g/mol. The maximum Gasteiger partial charge on any atom is -0.0161 e. The largest absolute Gasteiger partial charge is 0.0988 e. The molecule has 0 aliphatic carbocycles. The molecule has 0 aromatic rings. The lowest BCUT2D eigenvalue weighted by Gasteiger charge is -1.98. The van der Waals surface area contributed by atoms with Crippen LogP contribution in [0.2, 0.25) is 0 Å². The van der Waals surface area contributed by atoms with E-state index in [1.54, 1.807) is 0 Å². The van der Waals surface area contributed by atoms with E-state index in [2.05, 4.69) is 52.5 Å². The first-order valence-corrected chi connectivity index (χ1v) is 5.64. The fourth-order valence-corrected chi connectivity index (χ4v) is 1.22. The van der Waals surface area contributed by atoms with Crippen LogP contribution in [0.4, 0.5) is 0 Å². The lowest BCUT2D eigenvalue weighted by Crippen LogP contribution is -1.77. The van der Waals surface area contributed by atoms with E-state index < -0.39 is 0 Å². The second kappa shape index (κ2) is 8.28. The van der Waals surface area contributed by atoms with Crippen molar-refractivity contribution in [2.45, 2.75) is 47.0 Å². The van der Waals surface area contributed by atoms with Crippen molar-refractivity contribution in [2.24, 2.45) is 0 Å². The third kappa shape index (κ3) is 9.27. The Morgan fingerprint density at radius 2 is 1.67 bits per heavy atom. The van der Waals surface area contributed by atoms with Gasteiger partial charge in [-0.05, 0) is 47.0 Å². The van der Waals surface area contributed by atoms with Gasteiger partial charge in [0.05, 0.1) is 0 Å². The third-order valence-corrected chi connectivity index (χ3v) is 2.32. The number of hydrogen-bond acceptors (Lipinski definition) is 0. The molecule has 0 N–H and O–H groups in total. The van der Waals surface area contributed by atoms with E-state index in [0.29, 0.717) is 0 Å². The van der Waals surface area contributed by atoms with Gasteiger partial charge in [0.2, 0.25) is 0 Å². The van der Waals surface area contributed by atoms with E-state index in [4.69, 9.17) is 0 Å². The molecule has 84 valence electrons. The molecule has 0 atom stereocenters. The highest BCUT2D eigenvalue weighted by molar-refractivity contribution is 5.15. The number of rotatable bonds is 6. The zero-order valence-electron chi connectivity index (χ0n) is 10.6. The molecule has 0 aromatic heterocycles. The molecule has 0 heterocycles. The maximum atomic E-state index is 3.73. The van der Waals surface area contributed by atoms with Crippen molar-refractivity contribution in [3.63, 3.8) is 0 Å². The summed E-state index contributed by atoms with van der Waals surface area (Å²) in [5, 5.41) is 0. The minimum absolute atomic E-state index is 1.03. The Kier molecular flexibility index (Phi) is 7.71. The van der Waals surface area contributed by atoms with E-state index >= 15 is 0 Å². The van der Waals surface area contributed by atoms with Crippen LogP contribution in [0.3, 0.4) is 0 Å². The van der Waals surface area contributed by atoms with Gasteiger partial charge in [0.15, 0.2) is 0 Å². The van der Waals surface area contributed by atoms with Gasteiger partial charge in [0.1, 0.15) is 0 Å². The predicted octanol–water partition coefficient (Wildman–Crippen LogP) is 5.20. The molecule has 0 aromatic carbocycles. The van der Waals surface area contributed by atoms with Gasteiger partial charge < -0.3 is 0 Å². The Morgan fingerprint density at radius 1 is 1.00 bits per heavy atom. The van der Waals surface area contributed by atoms with E-state index in [-0.39, 0.29) is 0 Å². The number of allylic oxidation sites excluding steroid dienone is 7. The number of hydrogen-bond donors (Lipinski definition) is 0. The normalized spacial score (nSPS) is 12.5. The molecule has 0 unspecified atom stereocenters. The van der Waals surface area contributed by atoms with E-state index in [1.807, 2.05) is 6.08 Å². The Labute approximate surface area is 95.1 Å². The fourth-order valence-electron chi connectivity index (χ4n) is 1.22. The van der Waals surface area contributed by atoms with Crippen LogP contribution in [0, 0.1) is 0 Å². The summed E-state index contributed by atoms with van der Waals surface area (Å²) in [7, 11) is 0. The SMILES string of the molecule is C=C/C(C)=C/CC=C(C)CCC=C(C)C. The Morgan fingerprint density at radius 3 is 2.20 bits per heavy atom. The zero-order chi connectivity index (χ0) is 11.7. The van der Waals surface area contributed by atoms with Crippen molar-refractivity contribution < 1.29 is 0 Å². The molecule has 0 aliphatic rings. The Hall–Kier alpha value is -1.04. The van der Waals surface area contributed by atoms with Crippen molar-refractivity contribution in [3.8, 4) is 0 Å². The summed E-state index contributed by atoms with van der Waals surface area (Å²) >= 11 is 0. The molecular formula is C15H24. The summed E-state index contributed by atoms with van der Waals surface area (Å²) in [6, 6.07) is 0. The van der Waals surface area contributed by atoms with Crippen LogP contribution in [0.15, 0.2) is 47.6 Å². The molecule has 0 saturated heterocycles. The molecule has 0 amide bonds. The predicted molar refractivity (Wildman–Crippen MR) is 71.0 cm³/mol. The van der Waals surface area contributed by atoms with Crippen LogP contribution in [0.25, 0.3) is 0 Å². The summed E-state index contributed by atoms with van der Waals surface area (Å²) in [5.41, 5.74) is 4.13. The molecule has 0 rings (SSSR count). The van der Waals surface area contributed by atoms with Crippen molar-refractivity contribution in [2.75, 3.05) is 0 Å². The van der Waals surface area contributed by atoms with Gasteiger partial charge in [0.25, 0.3) is 0 Å². The van der Waals surface area contributed by atoms with Crippen molar-refractivity contribution in [3.05, 3.63) is 47.6 Å². The smallest absolute Gasteiger partial charge is 0.0161 e. The lowest BCUT2D eigenvalue weighted by atomic mass is 10.1. The van der Waals surface area contributed by atoms with E-state index in [1.165, 1.54) is 23.1 Å². The molecule has 0 nitrogen and oxygen atoms in total. The first kappa shape index (κ1) is 14.0. The van der Waals surface area contributed by atoms with Crippen molar-refractivity contribution in [1.29, 1.82) is 0 Å². The van der Waals surface area contributed by atoms with Crippen molar-refractivity contribution in [1.82, 2.24) is 0 Å². The van der Waals surface area contributed by atoms with Gasteiger partial charge in [-0.3, -0.25) is 0 Å². The molecular weight excluding hydrogens is 180 g/mol. The van der Waals surface area contributed by atoms with Crippen molar-refractivity contribution >= 4 is 0 Å². The second-order valence-electron chi connectivity index (χ2n) is 4.26. The van der Waals surface area contributed by atoms with Crippen LogP contribution in [-0.2, 0) is 0 Å². The highest BCUT2D eigenvalue weighted by Crippen LogP contribution is 2.08. The van der Waals surface area contributed by atoms with E-state index in [9.17, 15) is 0 Å². The quantitative estimate of drug-likeness (QED) is 0.412. The molecule has 0 radical (unpaired) electrons. The van der Waals surface area contributed by atoms with Gasteiger partial charge in [-0.1, -0.05) is 47.6 Å². The molecule has 0 fully saturated rings. The molecule has 0 aliphatic heterocycles. The Bertz CT molecular complexity index is 270. The van der Waals surface area contributed by atoms with Crippen LogP contribution in [0.5, 0.6) is 0 Å². The van der Waals surface area contributed by atoms with Gasteiger partial charge >= 0.3 is 0 Å². The van der Waals surface area contributed by atoms with Crippen LogP contribution in [0.1, 0.15) is 47.0 Å². The minimum atomic E-state index is 1.03. The summed E-state index contributed by atoms with van der Waals surface area (Å²) in [4.78, 5) is 0. The van der Waals surface area contributed by atoms with E-state index in [0.717, 1.165) is 12.8 Å². The molecule has 15 heavy (non-hydrogen) atoms. The lowest BCUT2D eigenvalue weighted by molar-refractivity contribution is 0.958. The molecule has 0 spiro atoms. The average Bonchev–Trinajstić information content (AvgIpc) is 2.17. The van der Waals surface area contributed by atoms with Gasteiger partial charge in [-0.2, -0.15) is 0 Å². The maximum absolute atomic E-state index is 3.73. The first-order chi connectivity index (χ1) is 7.06. The standard InChI is InChI=1S/C15H24/c1-6-14(4)10-8-12-15(5)11-7-9-13(2)3/h6,9-10,12H,1,7-8,11H2,2-5H3/b14-10+,15-12?. The Balaban J connectivity index is 3.89. The monoisotopic (exact) mass is 204 g/mol. The summed E-state index contributed by atoms with van der Waals surface area (Å²) < 4.78 is 0. The summed E-state index contributed by atoms with van der Waals surface area (Å²) in [5.74, 6) is 0. The molecule has 0 saturated carbocycles. The molecule has 0 heteroatoms. The first-order valence-electron chi connectivity index (χ1n) is 5.64. The second-order valence-corrected chi connectivity index (χ2v) is 4.26. The molecule has 0 bridgehead atoms. The third-order valence-electron chi connectivity index (χ3n) is 2.32. The summed E-state index contributed by atoms with van der Waals surface area (Å²) in [6.07, 6.45) is 12.1. The summed E-state index contributed by atoms with van der Waals surface area (Å²) in [6.45, 7) is 12.3. The topological polar surface area (TPSA) is 0 Å². The van der Waals surface area contributed by atoms with Gasteiger partial charge in [-0.15, -0.1) is 0 Å². The van der Waals surface area contributed by atoms with Crippen LogP contribution in [-0.4, -0.2) is 0 Å². The van der Waals surface area contributed by atoms with Crippen LogP contribution >= 0.6 is 0 Å². The highest BCUT2D eigenvalue weighted by Gasteiger charge is 1.88. The minimum Gasteiger partial charge on any atom is -0.0988 e. The van der Waals surface area contributed by atoms with Gasteiger partial charge in [-0.25, -0.2) is 0 Å². The van der Waals surface area contributed by atoms with Gasteiger partial charge in [0, 0.05) is 0 Å². The van der Waals surface area contributed by atoms with Crippen LogP contribution < -0.4 is 0 Å².